The number of methoxy groups -OCH3 is 1. The van der Waals surface area contributed by atoms with E-state index >= 15 is 0 Å². The van der Waals surface area contributed by atoms with Crippen LogP contribution < -0.4 is 15.4 Å². The van der Waals surface area contributed by atoms with Gasteiger partial charge in [-0.2, -0.15) is 0 Å². The minimum absolute atomic E-state index is 0.0591. The van der Waals surface area contributed by atoms with Crippen LogP contribution in [0.1, 0.15) is 15.9 Å². The van der Waals surface area contributed by atoms with Gasteiger partial charge in [0.05, 0.1) is 12.9 Å². The second-order valence-electron chi connectivity index (χ2n) is 6.42. The third-order valence-electron chi connectivity index (χ3n) is 4.16. The fourth-order valence-corrected chi connectivity index (χ4v) is 3.71. The van der Waals surface area contributed by atoms with Crippen molar-refractivity contribution in [1.29, 1.82) is 0 Å². The Bertz CT molecular complexity index is 1000. The Morgan fingerprint density at radius 2 is 1.69 bits per heavy atom. The van der Waals surface area contributed by atoms with Crippen molar-refractivity contribution in [3.05, 3.63) is 83.9 Å². The molecule has 0 unspecified atom stereocenters. The average molecular weight is 423 g/mol. The molecule has 148 valence electrons. The standard InChI is InChI=1S/C23H22N2O2S2/c1-16-9-11-18(12-10-16)24-23(28)25-19-6-4-8-21(14-19)29-15-22(26)17-5-3-7-20(13-17)27-2/h3-14H,15H2,1-2H3,(H2,24,25,28). The molecule has 0 aliphatic rings. The van der Waals surface area contributed by atoms with E-state index in [1.807, 2.05) is 67.6 Å². The zero-order valence-electron chi connectivity index (χ0n) is 16.3. The molecule has 0 radical (unpaired) electrons. The molecule has 0 amide bonds. The van der Waals surface area contributed by atoms with Crippen LogP contribution >= 0.6 is 24.0 Å². The van der Waals surface area contributed by atoms with Crippen molar-refractivity contribution < 1.29 is 9.53 Å². The van der Waals surface area contributed by atoms with Gasteiger partial charge in [-0.1, -0.05) is 35.9 Å². The predicted molar refractivity (Wildman–Crippen MR) is 126 cm³/mol. The maximum Gasteiger partial charge on any atom is 0.175 e. The van der Waals surface area contributed by atoms with Gasteiger partial charge in [0.15, 0.2) is 10.9 Å². The number of Topliss-reactive ketones (excluding diaryl/α,β-unsaturated/α-hetero) is 1. The highest BCUT2D eigenvalue weighted by atomic mass is 32.2. The number of anilines is 2. The first-order valence-corrected chi connectivity index (χ1v) is 10.5. The Morgan fingerprint density at radius 1 is 0.966 bits per heavy atom. The number of thioether (sulfide) groups is 1. The van der Waals surface area contributed by atoms with E-state index in [1.54, 1.807) is 19.2 Å². The smallest absolute Gasteiger partial charge is 0.175 e. The maximum atomic E-state index is 12.5. The molecule has 0 aliphatic carbocycles. The molecule has 0 saturated carbocycles. The molecule has 0 spiro atoms. The second kappa shape index (κ2) is 10.1. The molecule has 0 fully saturated rings. The highest BCUT2D eigenvalue weighted by Gasteiger charge is 2.08. The number of thiocarbonyl (C=S) groups is 1. The molecule has 3 aromatic carbocycles. The lowest BCUT2D eigenvalue weighted by Gasteiger charge is -2.12. The molecule has 0 saturated heterocycles. The van der Waals surface area contributed by atoms with Gasteiger partial charge in [-0.25, -0.2) is 0 Å². The van der Waals surface area contributed by atoms with Crippen LogP contribution in [0.3, 0.4) is 0 Å². The summed E-state index contributed by atoms with van der Waals surface area (Å²) < 4.78 is 5.18. The molecule has 0 heterocycles. The van der Waals surface area contributed by atoms with Crippen LogP contribution in [0.5, 0.6) is 5.75 Å². The normalized spacial score (nSPS) is 10.3. The van der Waals surface area contributed by atoms with Gasteiger partial charge in [-0.05, 0) is 61.6 Å². The largest absolute Gasteiger partial charge is 0.497 e. The molecule has 3 rings (SSSR count). The van der Waals surface area contributed by atoms with Gasteiger partial charge in [-0.15, -0.1) is 11.8 Å². The summed E-state index contributed by atoms with van der Waals surface area (Å²) >= 11 is 6.88. The number of rotatable bonds is 7. The Balaban J connectivity index is 1.56. The first-order valence-electron chi connectivity index (χ1n) is 9.08. The summed E-state index contributed by atoms with van der Waals surface area (Å²) in [5.74, 6) is 1.09. The van der Waals surface area contributed by atoms with Crippen molar-refractivity contribution in [2.45, 2.75) is 11.8 Å². The molecule has 0 bridgehead atoms. The van der Waals surface area contributed by atoms with Crippen LogP contribution in [-0.4, -0.2) is 23.8 Å². The number of hydrogen-bond donors (Lipinski definition) is 2. The van der Waals surface area contributed by atoms with Crippen molar-refractivity contribution in [3.8, 4) is 5.75 Å². The van der Waals surface area contributed by atoms with Crippen LogP contribution in [0.25, 0.3) is 0 Å². The van der Waals surface area contributed by atoms with E-state index in [4.69, 9.17) is 17.0 Å². The van der Waals surface area contributed by atoms with E-state index in [9.17, 15) is 4.79 Å². The molecule has 3 aromatic rings. The molecule has 6 heteroatoms. The first kappa shape index (κ1) is 20.9. The van der Waals surface area contributed by atoms with Crippen LogP contribution in [0.4, 0.5) is 11.4 Å². The topological polar surface area (TPSA) is 50.4 Å². The van der Waals surface area contributed by atoms with Crippen LogP contribution in [0.2, 0.25) is 0 Å². The van der Waals surface area contributed by atoms with Gasteiger partial charge in [0.25, 0.3) is 0 Å². The lowest BCUT2D eigenvalue weighted by molar-refractivity contribution is 0.102. The van der Waals surface area contributed by atoms with Crippen LogP contribution in [-0.2, 0) is 0 Å². The Kier molecular flexibility index (Phi) is 7.27. The van der Waals surface area contributed by atoms with Crippen LogP contribution in [0, 0.1) is 6.92 Å². The molecule has 0 aromatic heterocycles. The summed E-state index contributed by atoms with van der Waals surface area (Å²) in [6.45, 7) is 2.04. The maximum absolute atomic E-state index is 12.5. The van der Waals surface area contributed by atoms with Gasteiger partial charge in [0, 0.05) is 21.8 Å². The highest BCUT2D eigenvalue weighted by molar-refractivity contribution is 8.00. The molecule has 29 heavy (non-hydrogen) atoms. The number of benzene rings is 3. The predicted octanol–water partition coefficient (Wildman–Crippen LogP) is 5.79. The molecule has 4 nitrogen and oxygen atoms in total. The van der Waals surface area contributed by atoms with Gasteiger partial charge < -0.3 is 15.4 Å². The summed E-state index contributed by atoms with van der Waals surface area (Å²) in [6.07, 6.45) is 0. The van der Waals surface area contributed by atoms with Crippen molar-refractivity contribution >= 4 is 46.3 Å². The number of ether oxygens (including phenoxy) is 1. The Labute approximate surface area is 180 Å². The van der Waals surface area contributed by atoms with E-state index in [-0.39, 0.29) is 5.78 Å². The van der Waals surface area contributed by atoms with Crippen LogP contribution in [0.15, 0.2) is 77.7 Å². The number of carbonyl (C=O) groups is 1. The quantitative estimate of drug-likeness (QED) is 0.286. The SMILES string of the molecule is COc1cccc(C(=O)CSc2cccc(NC(=S)Nc3ccc(C)cc3)c2)c1. The minimum atomic E-state index is 0.0591. The third kappa shape index (κ3) is 6.34. The lowest BCUT2D eigenvalue weighted by atomic mass is 10.1. The zero-order chi connectivity index (χ0) is 20.6. The number of ketones is 1. The summed E-state index contributed by atoms with van der Waals surface area (Å²) in [5, 5.41) is 6.87. The second-order valence-corrected chi connectivity index (χ2v) is 7.87. The fourth-order valence-electron chi connectivity index (χ4n) is 2.62. The van der Waals surface area contributed by atoms with Gasteiger partial charge in [0.2, 0.25) is 0 Å². The first-order chi connectivity index (χ1) is 14.0. The highest BCUT2D eigenvalue weighted by Crippen LogP contribution is 2.24. The van der Waals surface area contributed by atoms with Gasteiger partial charge >= 0.3 is 0 Å². The molecule has 0 atom stereocenters. The summed E-state index contributed by atoms with van der Waals surface area (Å²) in [5.41, 5.74) is 3.65. The van der Waals surface area contributed by atoms with E-state index < -0.39 is 0 Å². The Morgan fingerprint density at radius 3 is 2.45 bits per heavy atom. The summed E-state index contributed by atoms with van der Waals surface area (Å²) in [7, 11) is 1.59. The number of hydrogen-bond acceptors (Lipinski definition) is 4. The zero-order valence-corrected chi connectivity index (χ0v) is 17.9. The molecule has 0 aliphatic heterocycles. The van der Waals surface area contributed by atoms with E-state index in [0.29, 0.717) is 22.2 Å². The third-order valence-corrected chi connectivity index (χ3v) is 5.36. The Hall–Kier alpha value is -2.83. The van der Waals surface area contributed by atoms with E-state index in [1.165, 1.54) is 17.3 Å². The average Bonchev–Trinajstić information content (AvgIpc) is 2.74. The van der Waals surface area contributed by atoms with Gasteiger partial charge in [0.1, 0.15) is 5.75 Å². The molecular weight excluding hydrogens is 400 g/mol. The monoisotopic (exact) mass is 422 g/mol. The summed E-state index contributed by atoms with van der Waals surface area (Å²) in [4.78, 5) is 13.4. The van der Waals surface area contributed by atoms with E-state index in [2.05, 4.69) is 10.6 Å². The fraction of sp³-hybridized carbons (Fsp3) is 0.130. The van der Waals surface area contributed by atoms with Gasteiger partial charge in [-0.3, -0.25) is 4.79 Å². The molecular formula is C23H22N2O2S2. The van der Waals surface area contributed by atoms with Crippen molar-refractivity contribution in [3.63, 3.8) is 0 Å². The van der Waals surface area contributed by atoms with Crippen molar-refractivity contribution in [1.82, 2.24) is 0 Å². The number of aryl methyl sites for hydroxylation is 1. The van der Waals surface area contributed by atoms with Crippen molar-refractivity contribution in [2.75, 3.05) is 23.5 Å². The number of nitrogens with one attached hydrogen (secondary N) is 2. The van der Waals surface area contributed by atoms with Crippen molar-refractivity contribution in [2.24, 2.45) is 0 Å². The van der Waals surface area contributed by atoms with E-state index in [0.717, 1.165) is 16.3 Å². The minimum Gasteiger partial charge on any atom is -0.497 e. The number of carbonyl (C=O) groups excluding carboxylic acids is 1. The lowest BCUT2D eigenvalue weighted by Crippen LogP contribution is -2.18. The summed E-state index contributed by atoms with van der Waals surface area (Å²) in [6, 6.07) is 23.1. The molecule has 2 N–H and O–H groups in total.